The van der Waals surface area contributed by atoms with Crippen molar-refractivity contribution in [3.8, 4) is 5.75 Å². The molecule has 2 aromatic carbocycles. The van der Waals surface area contributed by atoms with Crippen LogP contribution >= 0.6 is 12.4 Å². The number of likely N-dealkylation sites (N-methyl/N-ethyl adjacent to an activating group) is 1. The SMILES string of the molecule is COc1ccc(S(=O)(=O)N(Cc2ccccc2)C(CCCCNC(=O)CN(C)C)C(=O)NO)cc1.Cl. The van der Waals surface area contributed by atoms with Gasteiger partial charge in [-0.2, -0.15) is 4.31 Å². The maximum atomic E-state index is 13.6. The standard InChI is InChI=1S/C24H34N4O6S.ClH/c1-27(2)18-23(29)25-16-8-7-11-22(24(30)26-31)28(17-19-9-5-4-6-10-19)35(32,33)21-14-12-20(34-3)13-15-21;/h4-6,9-10,12-15,22,31H,7-8,11,16-18H2,1-3H3,(H,25,29)(H,26,30);1H. The van der Waals surface area contributed by atoms with Gasteiger partial charge in [-0.25, -0.2) is 13.9 Å². The Morgan fingerprint density at radius 3 is 2.22 bits per heavy atom. The summed E-state index contributed by atoms with van der Waals surface area (Å²) in [7, 11) is 0.952. The summed E-state index contributed by atoms with van der Waals surface area (Å²) in [6.07, 6.45) is 1.14. The molecule has 0 aliphatic carbocycles. The molecule has 0 aliphatic rings. The van der Waals surface area contributed by atoms with Crippen molar-refractivity contribution in [1.82, 2.24) is 20.0 Å². The summed E-state index contributed by atoms with van der Waals surface area (Å²) in [6, 6.07) is 13.7. The number of hydroxylamine groups is 1. The van der Waals surface area contributed by atoms with Crippen LogP contribution in [-0.4, -0.2) is 75.0 Å². The van der Waals surface area contributed by atoms with Crippen molar-refractivity contribution < 1.29 is 28.0 Å². The molecule has 0 bridgehead atoms. The minimum atomic E-state index is -4.12. The summed E-state index contributed by atoms with van der Waals surface area (Å²) in [5.74, 6) is -0.443. The van der Waals surface area contributed by atoms with Crippen LogP contribution < -0.4 is 15.5 Å². The second-order valence-electron chi connectivity index (χ2n) is 8.29. The monoisotopic (exact) mass is 542 g/mol. The summed E-state index contributed by atoms with van der Waals surface area (Å²) >= 11 is 0. The van der Waals surface area contributed by atoms with E-state index in [1.54, 1.807) is 48.7 Å². The van der Waals surface area contributed by atoms with Crippen molar-refractivity contribution in [1.29, 1.82) is 0 Å². The Balaban J connectivity index is 0.00000648. The van der Waals surface area contributed by atoms with E-state index in [0.29, 0.717) is 30.7 Å². The lowest BCUT2D eigenvalue weighted by atomic mass is 10.1. The van der Waals surface area contributed by atoms with Crippen LogP contribution in [0.4, 0.5) is 0 Å². The molecule has 1 atom stereocenters. The molecule has 12 heteroatoms. The van der Waals surface area contributed by atoms with Crippen molar-refractivity contribution in [3.05, 3.63) is 60.2 Å². The van der Waals surface area contributed by atoms with Gasteiger partial charge in [-0.05, 0) is 63.2 Å². The minimum Gasteiger partial charge on any atom is -0.497 e. The van der Waals surface area contributed by atoms with E-state index in [9.17, 15) is 23.2 Å². The molecule has 2 amide bonds. The van der Waals surface area contributed by atoms with E-state index in [1.165, 1.54) is 31.4 Å². The zero-order valence-corrected chi connectivity index (χ0v) is 22.3. The predicted molar refractivity (Wildman–Crippen MR) is 139 cm³/mol. The molecule has 0 saturated heterocycles. The van der Waals surface area contributed by atoms with E-state index in [2.05, 4.69) is 5.32 Å². The highest BCUT2D eigenvalue weighted by Crippen LogP contribution is 2.25. The average molecular weight is 543 g/mol. The van der Waals surface area contributed by atoms with Gasteiger partial charge in [-0.3, -0.25) is 14.8 Å². The van der Waals surface area contributed by atoms with E-state index in [0.717, 1.165) is 4.31 Å². The summed E-state index contributed by atoms with van der Waals surface area (Å²) in [5, 5.41) is 12.2. The van der Waals surface area contributed by atoms with Crippen LogP contribution in [0.3, 0.4) is 0 Å². The lowest BCUT2D eigenvalue weighted by molar-refractivity contribution is -0.133. The highest BCUT2D eigenvalue weighted by atomic mass is 35.5. The van der Waals surface area contributed by atoms with Crippen molar-refractivity contribution in [2.24, 2.45) is 0 Å². The average Bonchev–Trinajstić information content (AvgIpc) is 2.84. The van der Waals surface area contributed by atoms with Crippen molar-refractivity contribution >= 4 is 34.2 Å². The van der Waals surface area contributed by atoms with Crippen molar-refractivity contribution in [2.75, 3.05) is 34.3 Å². The predicted octanol–water partition coefficient (Wildman–Crippen LogP) is 2.03. The Hall–Kier alpha value is -2.70. The van der Waals surface area contributed by atoms with E-state index in [-0.39, 0.29) is 42.7 Å². The van der Waals surface area contributed by atoms with E-state index in [1.807, 2.05) is 6.07 Å². The number of unbranched alkanes of at least 4 members (excludes halogenated alkanes) is 1. The molecule has 10 nitrogen and oxygen atoms in total. The maximum absolute atomic E-state index is 13.6. The molecular formula is C24H35ClN4O6S. The number of halogens is 1. The first-order valence-electron chi connectivity index (χ1n) is 11.2. The van der Waals surface area contributed by atoms with Crippen LogP contribution in [-0.2, 0) is 26.2 Å². The molecule has 0 radical (unpaired) electrons. The van der Waals surface area contributed by atoms with Gasteiger partial charge in [0.2, 0.25) is 15.9 Å². The molecule has 1 unspecified atom stereocenters. The zero-order chi connectivity index (χ0) is 25.8. The Kier molecular flexibility index (Phi) is 13.4. The number of hydrogen-bond acceptors (Lipinski definition) is 7. The highest BCUT2D eigenvalue weighted by molar-refractivity contribution is 7.89. The highest BCUT2D eigenvalue weighted by Gasteiger charge is 2.35. The first kappa shape index (κ1) is 31.3. The first-order chi connectivity index (χ1) is 16.7. The lowest BCUT2D eigenvalue weighted by Crippen LogP contribution is -2.48. The summed E-state index contributed by atoms with van der Waals surface area (Å²) < 4.78 is 33.5. The molecule has 200 valence electrons. The number of carbonyl (C=O) groups excluding carboxylic acids is 2. The number of hydrogen-bond donors (Lipinski definition) is 3. The van der Waals surface area contributed by atoms with E-state index in [4.69, 9.17) is 4.74 Å². The Morgan fingerprint density at radius 2 is 1.67 bits per heavy atom. The van der Waals surface area contributed by atoms with Gasteiger partial charge in [-0.15, -0.1) is 12.4 Å². The fraction of sp³-hybridized carbons (Fsp3) is 0.417. The third-order valence-electron chi connectivity index (χ3n) is 5.29. The zero-order valence-electron chi connectivity index (χ0n) is 20.7. The normalized spacial score (nSPS) is 12.1. The molecule has 0 heterocycles. The van der Waals surface area contributed by atoms with Crippen LogP contribution in [0.5, 0.6) is 5.75 Å². The number of amides is 2. The number of rotatable bonds is 14. The third-order valence-corrected chi connectivity index (χ3v) is 7.16. The molecule has 0 aromatic heterocycles. The number of ether oxygens (including phenoxy) is 1. The van der Waals surface area contributed by atoms with Crippen LogP contribution in [0.15, 0.2) is 59.5 Å². The molecule has 2 rings (SSSR count). The second kappa shape index (κ2) is 15.4. The van der Waals surface area contributed by atoms with Gasteiger partial charge in [0.15, 0.2) is 0 Å². The first-order valence-corrected chi connectivity index (χ1v) is 12.7. The molecular weight excluding hydrogens is 508 g/mol. The molecule has 0 saturated carbocycles. The molecule has 36 heavy (non-hydrogen) atoms. The topological polar surface area (TPSA) is 128 Å². The number of nitrogens with one attached hydrogen (secondary N) is 2. The van der Waals surface area contributed by atoms with Gasteiger partial charge in [-0.1, -0.05) is 30.3 Å². The summed E-state index contributed by atoms with van der Waals surface area (Å²) in [4.78, 5) is 26.2. The minimum absolute atomic E-state index is 0. The van der Waals surface area contributed by atoms with Crippen LogP contribution in [0.1, 0.15) is 24.8 Å². The molecule has 0 fully saturated rings. The van der Waals surface area contributed by atoms with Crippen molar-refractivity contribution in [3.63, 3.8) is 0 Å². The number of nitrogens with zero attached hydrogens (tertiary/aromatic N) is 2. The molecule has 2 aromatic rings. The van der Waals surface area contributed by atoms with Gasteiger partial charge < -0.3 is 15.0 Å². The molecule has 3 N–H and O–H groups in total. The van der Waals surface area contributed by atoms with Crippen LogP contribution in [0, 0.1) is 0 Å². The van der Waals surface area contributed by atoms with Gasteiger partial charge in [0.1, 0.15) is 11.8 Å². The Bertz CT molecular complexity index is 1050. The van der Waals surface area contributed by atoms with Crippen LogP contribution in [0.25, 0.3) is 0 Å². The maximum Gasteiger partial charge on any atom is 0.261 e. The van der Waals surface area contributed by atoms with Gasteiger partial charge >= 0.3 is 0 Å². The number of methoxy groups -OCH3 is 1. The number of sulfonamides is 1. The summed E-state index contributed by atoms with van der Waals surface area (Å²) in [5.41, 5.74) is 2.30. The number of benzene rings is 2. The molecule has 0 aliphatic heterocycles. The largest absolute Gasteiger partial charge is 0.497 e. The van der Waals surface area contributed by atoms with Gasteiger partial charge in [0.05, 0.1) is 18.6 Å². The summed E-state index contributed by atoms with van der Waals surface area (Å²) in [6.45, 7) is 0.595. The molecule has 0 spiro atoms. The van der Waals surface area contributed by atoms with Gasteiger partial charge in [0, 0.05) is 13.1 Å². The Labute approximate surface area is 219 Å². The van der Waals surface area contributed by atoms with Crippen LogP contribution in [0.2, 0.25) is 0 Å². The smallest absolute Gasteiger partial charge is 0.261 e. The lowest BCUT2D eigenvalue weighted by Gasteiger charge is -2.29. The van der Waals surface area contributed by atoms with Gasteiger partial charge in [0.25, 0.3) is 5.91 Å². The van der Waals surface area contributed by atoms with E-state index < -0.39 is 22.0 Å². The quantitative estimate of drug-likeness (QED) is 0.189. The number of carbonyl (C=O) groups is 2. The Morgan fingerprint density at radius 1 is 1.03 bits per heavy atom. The fourth-order valence-corrected chi connectivity index (χ4v) is 5.13. The fourth-order valence-electron chi connectivity index (χ4n) is 3.52. The van der Waals surface area contributed by atoms with E-state index >= 15 is 0 Å². The van der Waals surface area contributed by atoms with Crippen molar-refractivity contribution in [2.45, 2.75) is 36.7 Å². The third kappa shape index (κ3) is 9.40. The second-order valence-corrected chi connectivity index (χ2v) is 10.2.